The third-order valence-electron chi connectivity index (χ3n) is 3.33. The van der Waals surface area contributed by atoms with E-state index in [9.17, 15) is 9.59 Å². The van der Waals surface area contributed by atoms with Crippen molar-refractivity contribution in [1.29, 1.82) is 0 Å². The molecular weight excluding hydrogens is 274 g/mol. The van der Waals surface area contributed by atoms with E-state index in [1.54, 1.807) is 39.0 Å². The number of nitrogens with one attached hydrogen (secondary N) is 1. The number of hydrogen-bond acceptors (Lipinski definition) is 4. The molecule has 2 rings (SSSR count). The first-order valence-electron chi connectivity index (χ1n) is 6.85. The summed E-state index contributed by atoms with van der Waals surface area (Å²) in [6.07, 6.45) is -1.37. The van der Waals surface area contributed by atoms with E-state index in [1.807, 2.05) is 6.07 Å². The average Bonchev–Trinajstić information content (AvgIpc) is 2.43. The van der Waals surface area contributed by atoms with E-state index in [2.05, 4.69) is 5.32 Å². The van der Waals surface area contributed by atoms with E-state index >= 15 is 0 Å². The lowest BCUT2D eigenvalue weighted by atomic mass is 10.0. The van der Waals surface area contributed by atoms with E-state index in [0.29, 0.717) is 11.5 Å². The molecule has 2 unspecified atom stereocenters. The summed E-state index contributed by atoms with van der Waals surface area (Å²) in [6.45, 7) is 5.18. The Morgan fingerprint density at radius 3 is 2.29 bits per heavy atom. The van der Waals surface area contributed by atoms with Gasteiger partial charge >= 0.3 is 5.97 Å². The molecule has 1 aliphatic rings. The molecule has 0 aromatic heterocycles. The highest BCUT2D eigenvalue weighted by molar-refractivity contribution is 5.87. The van der Waals surface area contributed by atoms with Gasteiger partial charge in [-0.3, -0.25) is 4.79 Å². The van der Waals surface area contributed by atoms with Crippen molar-refractivity contribution in [3.63, 3.8) is 0 Å². The van der Waals surface area contributed by atoms with Crippen molar-refractivity contribution >= 4 is 11.9 Å². The van der Waals surface area contributed by atoms with Crippen LogP contribution in [0.4, 0.5) is 0 Å². The minimum atomic E-state index is -1.07. The Morgan fingerprint density at radius 2 is 1.76 bits per heavy atom. The number of fused-ring (bicyclic) bond motifs is 1. The van der Waals surface area contributed by atoms with Crippen molar-refractivity contribution in [3.05, 3.63) is 24.3 Å². The molecule has 1 aromatic rings. The molecule has 3 atom stereocenters. The van der Waals surface area contributed by atoms with Gasteiger partial charge in [0.25, 0.3) is 5.91 Å². The van der Waals surface area contributed by atoms with Crippen LogP contribution in [0.5, 0.6) is 11.5 Å². The summed E-state index contributed by atoms with van der Waals surface area (Å²) in [7, 11) is 0. The number of aliphatic carboxylic acids is 1. The van der Waals surface area contributed by atoms with Gasteiger partial charge in [-0.15, -0.1) is 0 Å². The maximum absolute atomic E-state index is 12.3. The normalized spacial score (nSPS) is 21.7. The Morgan fingerprint density at radius 1 is 1.19 bits per heavy atom. The van der Waals surface area contributed by atoms with Gasteiger partial charge in [0.15, 0.2) is 11.5 Å². The van der Waals surface area contributed by atoms with E-state index < -0.39 is 30.1 Å². The zero-order chi connectivity index (χ0) is 15.6. The third kappa shape index (κ3) is 3.26. The van der Waals surface area contributed by atoms with Gasteiger partial charge in [0, 0.05) is 0 Å². The van der Waals surface area contributed by atoms with Crippen molar-refractivity contribution in [1.82, 2.24) is 5.32 Å². The number of rotatable bonds is 4. The fraction of sp³-hybridized carbons (Fsp3) is 0.467. The summed E-state index contributed by atoms with van der Waals surface area (Å²) >= 11 is 0. The molecule has 1 heterocycles. The van der Waals surface area contributed by atoms with E-state index in [1.165, 1.54) is 0 Å². The first kappa shape index (κ1) is 15.2. The SMILES string of the molecule is CC1Oc2ccccc2OC1C(=O)N[C@@H](C(=O)O)C(C)C. The summed E-state index contributed by atoms with van der Waals surface area (Å²) < 4.78 is 11.3. The summed E-state index contributed by atoms with van der Waals surface area (Å²) in [5.74, 6) is -0.723. The number of carbonyl (C=O) groups is 2. The van der Waals surface area contributed by atoms with Crippen LogP contribution in [-0.2, 0) is 9.59 Å². The fourth-order valence-corrected chi connectivity index (χ4v) is 2.16. The van der Waals surface area contributed by atoms with Gasteiger partial charge in [-0.2, -0.15) is 0 Å². The minimum absolute atomic E-state index is 0.224. The first-order valence-corrected chi connectivity index (χ1v) is 6.85. The number of ether oxygens (including phenoxy) is 2. The molecule has 0 spiro atoms. The molecule has 0 bridgehead atoms. The summed E-state index contributed by atoms with van der Waals surface area (Å²) in [4.78, 5) is 23.4. The summed E-state index contributed by atoms with van der Waals surface area (Å²) in [6, 6.07) is 6.10. The standard InChI is InChI=1S/C15H19NO5/c1-8(2)12(15(18)19)16-14(17)13-9(3)20-10-6-4-5-7-11(10)21-13/h4-9,12-13H,1-3H3,(H,16,17)(H,18,19)/t9?,12-,13?/m1/s1. The highest BCUT2D eigenvalue weighted by atomic mass is 16.6. The van der Waals surface area contributed by atoms with Crippen molar-refractivity contribution in [2.75, 3.05) is 0 Å². The van der Waals surface area contributed by atoms with Gasteiger partial charge in [0.1, 0.15) is 12.1 Å². The van der Waals surface area contributed by atoms with Crippen molar-refractivity contribution in [2.24, 2.45) is 5.92 Å². The minimum Gasteiger partial charge on any atom is -0.482 e. The topological polar surface area (TPSA) is 84.9 Å². The highest BCUT2D eigenvalue weighted by Crippen LogP contribution is 2.33. The Kier molecular flexibility index (Phi) is 4.35. The lowest BCUT2D eigenvalue weighted by Crippen LogP contribution is -2.54. The zero-order valence-corrected chi connectivity index (χ0v) is 12.2. The smallest absolute Gasteiger partial charge is 0.326 e. The van der Waals surface area contributed by atoms with E-state index in [0.717, 1.165) is 0 Å². The molecular formula is C15H19NO5. The quantitative estimate of drug-likeness (QED) is 0.877. The van der Waals surface area contributed by atoms with Gasteiger partial charge < -0.3 is 19.9 Å². The number of hydrogen-bond donors (Lipinski definition) is 2. The molecule has 0 saturated carbocycles. The molecule has 1 amide bonds. The van der Waals surface area contributed by atoms with Crippen LogP contribution >= 0.6 is 0 Å². The lowest BCUT2D eigenvalue weighted by Gasteiger charge is -2.32. The van der Waals surface area contributed by atoms with Crippen molar-refractivity contribution in [2.45, 2.75) is 39.0 Å². The molecule has 1 aromatic carbocycles. The van der Waals surface area contributed by atoms with Crippen LogP contribution in [0.2, 0.25) is 0 Å². The number of carbonyl (C=O) groups excluding carboxylic acids is 1. The highest BCUT2D eigenvalue weighted by Gasteiger charge is 2.36. The summed E-state index contributed by atoms with van der Waals surface area (Å²) in [5.41, 5.74) is 0. The van der Waals surface area contributed by atoms with Crippen LogP contribution in [-0.4, -0.2) is 35.2 Å². The molecule has 0 aliphatic carbocycles. The predicted molar refractivity (Wildman–Crippen MR) is 75.4 cm³/mol. The second kappa shape index (κ2) is 6.03. The third-order valence-corrected chi connectivity index (χ3v) is 3.33. The Bertz CT molecular complexity index is 543. The predicted octanol–water partition coefficient (Wildman–Crippen LogP) is 1.44. The maximum Gasteiger partial charge on any atom is 0.326 e. The molecule has 21 heavy (non-hydrogen) atoms. The number of benzene rings is 1. The van der Waals surface area contributed by atoms with Gasteiger partial charge in [0.05, 0.1) is 0 Å². The monoisotopic (exact) mass is 293 g/mol. The molecule has 2 N–H and O–H groups in total. The second-order valence-electron chi connectivity index (χ2n) is 5.38. The van der Waals surface area contributed by atoms with E-state index in [4.69, 9.17) is 14.6 Å². The molecule has 114 valence electrons. The van der Waals surface area contributed by atoms with Gasteiger partial charge in [-0.1, -0.05) is 26.0 Å². The number of para-hydroxylation sites is 2. The molecule has 0 radical (unpaired) electrons. The van der Waals surface area contributed by atoms with Gasteiger partial charge in [0.2, 0.25) is 6.10 Å². The Hall–Kier alpha value is -2.24. The Balaban J connectivity index is 2.11. The number of carboxylic acid groups (broad SMARTS) is 1. The molecule has 1 aliphatic heterocycles. The molecule has 6 nitrogen and oxygen atoms in total. The summed E-state index contributed by atoms with van der Waals surface area (Å²) in [5, 5.41) is 11.6. The molecule has 6 heteroatoms. The average molecular weight is 293 g/mol. The van der Waals surface area contributed by atoms with E-state index in [-0.39, 0.29) is 5.92 Å². The van der Waals surface area contributed by atoms with Gasteiger partial charge in [-0.25, -0.2) is 4.79 Å². The zero-order valence-electron chi connectivity index (χ0n) is 12.2. The largest absolute Gasteiger partial charge is 0.482 e. The van der Waals surface area contributed by atoms with Crippen LogP contribution in [0.15, 0.2) is 24.3 Å². The second-order valence-corrected chi connectivity index (χ2v) is 5.38. The molecule has 0 fully saturated rings. The van der Waals surface area contributed by atoms with Crippen molar-refractivity contribution in [3.8, 4) is 11.5 Å². The number of carboxylic acids is 1. The Labute approximate surface area is 123 Å². The van der Waals surface area contributed by atoms with Crippen LogP contribution in [0, 0.1) is 5.92 Å². The van der Waals surface area contributed by atoms with Crippen LogP contribution < -0.4 is 14.8 Å². The number of amides is 1. The lowest BCUT2D eigenvalue weighted by molar-refractivity contribution is -0.146. The van der Waals surface area contributed by atoms with Crippen LogP contribution in [0.3, 0.4) is 0 Å². The van der Waals surface area contributed by atoms with Crippen LogP contribution in [0.1, 0.15) is 20.8 Å². The van der Waals surface area contributed by atoms with Crippen molar-refractivity contribution < 1.29 is 24.2 Å². The van der Waals surface area contributed by atoms with Crippen LogP contribution in [0.25, 0.3) is 0 Å². The fourth-order valence-electron chi connectivity index (χ4n) is 2.16. The van der Waals surface area contributed by atoms with Gasteiger partial charge in [-0.05, 0) is 25.0 Å². The first-order chi connectivity index (χ1) is 9.90. The molecule has 0 saturated heterocycles. The maximum atomic E-state index is 12.3.